The number of hydrogen-bond donors (Lipinski definition) is 1. The molecule has 0 spiro atoms. The van der Waals surface area contributed by atoms with Gasteiger partial charge in [-0.1, -0.05) is 12.1 Å². The first-order valence-electron chi connectivity index (χ1n) is 9.58. The van der Waals surface area contributed by atoms with Crippen molar-refractivity contribution in [1.82, 2.24) is 9.62 Å². The molecule has 0 aromatic heterocycles. The first-order chi connectivity index (χ1) is 14.2. The first kappa shape index (κ1) is 21.7. The third-order valence-electron chi connectivity index (χ3n) is 4.80. The topological polar surface area (TPSA) is 93.5 Å². The van der Waals surface area contributed by atoms with Crippen LogP contribution < -0.4 is 9.62 Å². The summed E-state index contributed by atoms with van der Waals surface area (Å²) in [6.07, 6.45) is 0. The molecule has 0 aliphatic carbocycles. The lowest BCUT2D eigenvalue weighted by atomic mass is 10.1. The number of para-hydroxylation sites is 1. The first-order valence-corrected chi connectivity index (χ1v) is 11.1. The Morgan fingerprint density at radius 2 is 1.80 bits per heavy atom. The van der Waals surface area contributed by atoms with E-state index in [2.05, 4.69) is 10.8 Å². The van der Waals surface area contributed by atoms with Crippen LogP contribution in [0.15, 0.2) is 47.4 Å². The fourth-order valence-electron chi connectivity index (χ4n) is 3.38. The van der Waals surface area contributed by atoms with E-state index in [-0.39, 0.29) is 16.5 Å². The maximum absolute atomic E-state index is 14.4. The highest BCUT2D eigenvalue weighted by molar-refractivity contribution is 7.89. The van der Waals surface area contributed by atoms with Crippen LogP contribution in [0.25, 0.3) is 0 Å². The van der Waals surface area contributed by atoms with Gasteiger partial charge in [0.25, 0.3) is 5.91 Å². The van der Waals surface area contributed by atoms with E-state index in [1.807, 2.05) is 17.0 Å². The summed E-state index contributed by atoms with van der Waals surface area (Å²) in [4.78, 5) is 16.2. The monoisotopic (exact) mass is 430 g/mol. The Hall–Kier alpha value is -2.96. The van der Waals surface area contributed by atoms with Crippen molar-refractivity contribution in [3.63, 3.8) is 0 Å². The lowest BCUT2D eigenvalue weighted by Crippen LogP contribution is -2.49. The quantitative estimate of drug-likeness (QED) is 0.786. The zero-order valence-electron chi connectivity index (χ0n) is 16.8. The SMILES string of the molecule is CC(C)NS(=O)(=O)c1ccc(F)c(C(=O)N2CCN(c3ccccc3C#N)CC2)c1. The van der Waals surface area contributed by atoms with Gasteiger partial charge in [-0.05, 0) is 44.2 Å². The Kier molecular flexibility index (Phi) is 6.39. The molecular weight excluding hydrogens is 407 g/mol. The number of benzene rings is 2. The van der Waals surface area contributed by atoms with Crippen molar-refractivity contribution in [3.05, 3.63) is 59.4 Å². The van der Waals surface area contributed by atoms with E-state index in [9.17, 15) is 22.9 Å². The van der Waals surface area contributed by atoms with Crippen LogP contribution in [0.3, 0.4) is 0 Å². The molecular formula is C21H23FN4O3S. The number of hydrogen-bond acceptors (Lipinski definition) is 5. The molecule has 0 atom stereocenters. The molecule has 2 aromatic rings. The molecule has 0 radical (unpaired) electrons. The number of anilines is 1. The van der Waals surface area contributed by atoms with Crippen LogP contribution >= 0.6 is 0 Å². The second-order valence-electron chi connectivity index (χ2n) is 7.33. The molecule has 1 N–H and O–H groups in total. The highest BCUT2D eigenvalue weighted by Gasteiger charge is 2.27. The van der Waals surface area contributed by atoms with Gasteiger partial charge in [-0.3, -0.25) is 4.79 Å². The van der Waals surface area contributed by atoms with Crippen molar-refractivity contribution < 1.29 is 17.6 Å². The Morgan fingerprint density at radius 3 is 2.43 bits per heavy atom. The van der Waals surface area contributed by atoms with Crippen LogP contribution in [0.4, 0.5) is 10.1 Å². The predicted molar refractivity (Wildman–Crippen MR) is 111 cm³/mol. The van der Waals surface area contributed by atoms with E-state index in [1.54, 1.807) is 26.0 Å². The molecule has 0 bridgehead atoms. The van der Waals surface area contributed by atoms with Gasteiger partial charge in [0.1, 0.15) is 11.9 Å². The number of carbonyl (C=O) groups excluding carboxylic acids is 1. The fraction of sp³-hybridized carbons (Fsp3) is 0.333. The Morgan fingerprint density at radius 1 is 1.13 bits per heavy atom. The molecule has 7 nitrogen and oxygen atoms in total. The highest BCUT2D eigenvalue weighted by atomic mass is 32.2. The summed E-state index contributed by atoms with van der Waals surface area (Å²) >= 11 is 0. The largest absolute Gasteiger partial charge is 0.367 e. The van der Waals surface area contributed by atoms with Crippen molar-refractivity contribution in [2.24, 2.45) is 0 Å². The molecule has 1 heterocycles. The van der Waals surface area contributed by atoms with E-state index < -0.39 is 21.7 Å². The Bertz CT molecular complexity index is 1090. The molecule has 0 unspecified atom stereocenters. The van der Waals surface area contributed by atoms with Gasteiger partial charge in [-0.2, -0.15) is 5.26 Å². The Labute approximate surface area is 175 Å². The fourth-order valence-corrected chi connectivity index (χ4v) is 4.66. The smallest absolute Gasteiger partial charge is 0.256 e. The number of sulfonamides is 1. The van der Waals surface area contributed by atoms with Crippen LogP contribution in [0.5, 0.6) is 0 Å². The van der Waals surface area contributed by atoms with Crippen LogP contribution in [0.2, 0.25) is 0 Å². The molecule has 1 aliphatic rings. The second-order valence-corrected chi connectivity index (χ2v) is 9.04. The summed E-state index contributed by atoms with van der Waals surface area (Å²) < 4.78 is 41.5. The van der Waals surface area contributed by atoms with Gasteiger partial charge in [0.2, 0.25) is 10.0 Å². The number of nitrogens with zero attached hydrogens (tertiary/aromatic N) is 3. The minimum atomic E-state index is -3.84. The summed E-state index contributed by atoms with van der Waals surface area (Å²) in [6.45, 7) is 4.99. The average Bonchev–Trinajstić information content (AvgIpc) is 2.72. The third kappa shape index (κ3) is 4.61. The second kappa shape index (κ2) is 8.81. The van der Waals surface area contributed by atoms with Gasteiger partial charge in [-0.25, -0.2) is 17.5 Å². The molecule has 2 aromatic carbocycles. The van der Waals surface area contributed by atoms with Crippen LogP contribution in [0.1, 0.15) is 29.8 Å². The van der Waals surface area contributed by atoms with Gasteiger partial charge >= 0.3 is 0 Å². The van der Waals surface area contributed by atoms with Crippen LogP contribution in [-0.4, -0.2) is 51.4 Å². The molecule has 3 rings (SSSR count). The highest BCUT2D eigenvalue weighted by Crippen LogP contribution is 2.23. The number of carbonyl (C=O) groups is 1. The van der Waals surface area contributed by atoms with Gasteiger partial charge in [0.05, 0.1) is 21.7 Å². The van der Waals surface area contributed by atoms with E-state index >= 15 is 0 Å². The molecule has 158 valence electrons. The van der Waals surface area contributed by atoms with Gasteiger partial charge < -0.3 is 9.80 Å². The zero-order valence-corrected chi connectivity index (χ0v) is 17.6. The molecule has 1 saturated heterocycles. The minimum Gasteiger partial charge on any atom is -0.367 e. The van der Waals surface area contributed by atoms with Crippen LogP contribution in [0, 0.1) is 17.1 Å². The van der Waals surface area contributed by atoms with Crippen LogP contribution in [-0.2, 0) is 10.0 Å². The molecule has 1 aliphatic heterocycles. The molecule has 30 heavy (non-hydrogen) atoms. The van der Waals surface area contributed by atoms with E-state index in [0.29, 0.717) is 31.7 Å². The van der Waals surface area contributed by atoms with Gasteiger partial charge in [0, 0.05) is 32.2 Å². The van der Waals surface area contributed by atoms with E-state index in [4.69, 9.17) is 0 Å². The molecule has 9 heteroatoms. The maximum Gasteiger partial charge on any atom is 0.256 e. The minimum absolute atomic E-state index is 0.150. The third-order valence-corrected chi connectivity index (χ3v) is 6.46. The molecule has 1 fully saturated rings. The molecule has 1 amide bonds. The number of nitriles is 1. The Balaban J connectivity index is 1.77. The van der Waals surface area contributed by atoms with E-state index in [1.165, 1.54) is 4.90 Å². The molecule has 0 saturated carbocycles. The van der Waals surface area contributed by atoms with Crippen molar-refractivity contribution in [3.8, 4) is 6.07 Å². The summed E-state index contributed by atoms with van der Waals surface area (Å²) in [6, 6.07) is 12.3. The zero-order chi connectivity index (χ0) is 21.9. The number of amides is 1. The van der Waals surface area contributed by atoms with Crippen molar-refractivity contribution in [1.29, 1.82) is 5.26 Å². The van der Waals surface area contributed by atoms with Gasteiger partial charge in [0.15, 0.2) is 0 Å². The lowest BCUT2D eigenvalue weighted by molar-refractivity contribution is 0.0741. The standard InChI is InChI=1S/C21H23FN4O3S/c1-15(2)24-30(28,29)17-7-8-19(22)18(13-17)21(27)26-11-9-25(10-12-26)20-6-4-3-5-16(20)14-23/h3-8,13,15,24H,9-12H2,1-2H3. The van der Waals surface area contributed by atoms with Crippen molar-refractivity contribution >= 4 is 21.6 Å². The van der Waals surface area contributed by atoms with E-state index in [0.717, 1.165) is 23.9 Å². The van der Waals surface area contributed by atoms with Crippen molar-refractivity contribution in [2.45, 2.75) is 24.8 Å². The lowest BCUT2D eigenvalue weighted by Gasteiger charge is -2.36. The number of piperazine rings is 1. The number of rotatable bonds is 5. The normalized spacial score (nSPS) is 14.6. The van der Waals surface area contributed by atoms with Gasteiger partial charge in [-0.15, -0.1) is 0 Å². The van der Waals surface area contributed by atoms with Crippen molar-refractivity contribution in [2.75, 3.05) is 31.1 Å². The summed E-state index contributed by atoms with van der Waals surface area (Å²) in [5.41, 5.74) is 1.08. The predicted octanol–water partition coefficient (Wildman–Crippen LogP) is 2.35. The maximum atomic E-state index is 14.4. The summed E-state index contributed by atoms with van der Waals surface area (Å²) in [7, 11) is -3.84. The summed E-state index contributed by atoms with van der Waals surface area (Å²) in [5.74, 6) is -1.32. The summed E-state index contributed by atoms with van der Waals surface area (Å²) in [5, 5.41) is 9.28. The number of halogens is 1. The average molecular weight is 431 g/mol. The number of nitrogens with one attached hydrogen (secondary N) is 1.